The fraction of sp³-hybridized carbons (Fsp3) is 0.250. The zero-order chi connectivity index (χ0) is 17.2. The Balaban J connectivity index is 2.33. The van der Waals surface area contributed by atoms with Crippen LogP contribution in [0.15, 0.2) is 23.1 Å². The van der Waals surface area contributed by atoms with Gasteiger partial charge in [-0.15, -0.1) is 0 Å². The van der Waals surface area contributed by atoms with Crippen LogP contribution in [-0.2, 0) is 10.1 Å². The van der Waals surface area contributed by atoms with Crippen LogP contribution in [0.5, 0.6) is 0 Å². The molecule has 4 N–H and O–H groups in total. The number of hydrogen-bond donors (Lipinski definition) is 3. The Kier molecular flexibility index (Phi) is 4.61. The Labute approximate surface area is 132 Å². The number of nitrogen functional groups attached to an aromatic ring is 1. The molecule has 124 valence electrons. The minimum Gasteiger partial charge on any atom is -0.398 e. The fourth-order valence-electron chi connectivity index (χ4n) is 1.70. The number of benzene rings is 1. The summed E-state index contributed by atoms with van der Waals surface area (Å²) >= 11 is 0. The normalized spacial score (nSPS) is 11.3. The predicted molar refractivity (Wildman–Crippen MR) is 82.7 cm³/mol. The highest BCUT2D eigenvalue weighted by Crippen LogP contribution is 2.24. The average Bonchev–Trinajstić information content (AvgIpc) is 2.44. The summed E-state index contributed by atoms with van der Waals surface area (Å²) in [6, 6.07) is 3.71. The maximum absolute atomic E-state index is 13.5. The van der Waals surface area contributed by atoms with Gasteiger partial charge in [0.05, 0.1) is 5.69 Å². The van der Waals surface area contributed by atoms with Crippen LogP contribution in [0.1, 0.15) is 6.92 Å². The molecular formula is C12H15FN6O3S. The fourth-order valence-corrected chi connectivity index (χ4v) is 2.29. The molecule has 1 heterocycles. The van der Waals surface area contributed by atoms with Gasteiger partial charge in [0, 0.05) is 19.3 Å². The summed E-state index contributed by atoms with van der Waals surface area (Å²) in [4.78, 5) is 12.3. The summed E-state index contributed by atoms with van der Waals surface area (Å²) in [6.07, 6.45) is -0.958. The molecule has 0 radical (unpaired) electrons. The first-order chi connectivity index (χ1) is 10.7. The van der Waals surface area contributed by atoms with E-state index in [0.29, 0.717) is 12.2 Å². The number of nitrogens with two attached hydrogens (primary N) is 1. The predicted octanol–water partition coefficient (Wildman–Crippen LogP) is 1.04. The second-order valence-electron chi connectivity index (χ2n) is 4.59. The molecule has 2 aromatic rings. The lowest BCUT2D eigenvalue weighted by Gasteiger charge is -2.15. The highest BCUT2D eigenvalue weighted by molar-refractivity contribution is 7.86. The molecule has 0 saturated heterocycles. The van der Waals surface area contributed by atoms with Gasteiger partial charge < -0.3 is 16.0 Å². The lowest BCUT2D eigenvalue weighted by molar-refractivity contribution is 0.483. The Hall–Kier alpha value is -2.53. The highest BCUT2D eigenvalue weighted by atomic mass is 32.2. The van der Waals surface area contributed by atoms with Crippen LogP contribution in [-0.4, -0.2) is 41.5 Å². The number of nitrogens with one attached hydrogen (secondary N) is 1. The van der Waals surface area contributed by atoms with Crippen LogP contribution in [0, 0.1) is 6.08 Å². The van der Waals surface area contributed by atoms with Gasteiger partial charge in [-0.3, -0.25) is 4.55 Å². The molecule has 23 heavy (non-hydrogen) atoms. The van der Waals surface area contributed by atoms with Gasteiger partial charge in [-0.25, -0.2) is 0 Å². The van der Waals surface area contributed by atoms with Crippen LogP contribution in [0.2, 0.25) is 0 Å². The van der Waals surface area contributed by atoms with Crippen molar-refractivity contribution in [3.8, 4) is 0 Å². The summed E-state index contributed by atoms with van der Waals surface area (Å²) in [5.74, 6) is 0.0804. The van der Waals surface area contributed by atoms with Crippen molar-refractivity contribution >= 4 is 33.4 Å². The van der Waals surface area contributed by atoms with Crippen LogP contribution in [0.4, 0.5) is 27.7 Å². The van der Waals surface area contributed by atoms with E-state index in [1.165, 1.54) is 12.1 Å². The first-order valence-electron chi connectivity index (χ1n) is 6.47. The van der Waals surface area contributed by atoms with Crippen molar-refractivity contribution in [2.45, 2.75) is 11.8 Å². The molecule has 0 aliphatic rings. The van der Waals surface area contributed by atoms with Crippen molar-refractivity contribution in [1.82, 2.24) is 15.0 Å². The van der Waals surface area contributed by atoms with Crippen molar-refractivity contribution < 1.29 is 17.4 Å². The standard InChI is InChI=1S/C12H15FN6O3S/c1-3-19(2)12-17-10(13)16-11(18-12)15-7-4-5-9(8(14)6-7)23(20,21)22/h4-6H,3,14H2,1-2H3,(H,20,21,22)(H,15,16,17,18). The number of halogens is 1. The molecule has 0 saturated carbocycles. The van der Waals surface area contributed by atoms with E-state index in [9.17, 15) is 12.8 Å². The highest BCUT2D eigenvalue weighted by Gasteiger charge is 2.15. The van der Waals surface area contributed by atoms with E-state index in [1.54, 1.807) is 11.9 Å². The van der Waals surface area contributed by atoms with Crippen LogP contribution in [0.25, 0.3) is 0 Å². The summed E-state index contributed by atoms with van der Waals surface area (Å²) in [6.45, 7) is 2.42. The van der Waals surface area contributed by atoms with Crippen LogP contribution >= 0.6 is 0 Å². The van der Waals surface area contributed by atoms with E-state index in [0.717, 1.165) is 6.07 Å². The summed E-state index contributed by atoms with van der Waals surface area (Å²) in [5, 5.41) is 2.70. The second-order valence-corrected chi connectivity index (χ2v) is 5.98. The molecule has 1 aromatic carbocycles. The van der Waals surface area contributed by atoms with Gasteiger partial charge >= 0.3 is 6.08 Å². The van der Waals surface area contributed by atoms with Gasteiger partial charge in [0.15, 0.2) is 0 Å². The largest absolute Gasteiger partial charge is 0.398 e. The van der Waals surface area contributed by atoms with Crippen molar-refractivity contribution in [1.29, 1.82) is 0 Å². The van der Waals surface area contributed by atoms with E-state index in [4.69, 9.17) is 10.3 Å². The van der Waals surface area contributed by atoms with Crippen molar-refractivity contribution in [2.75, 3.05) is 29.5 Å². The van der Waals surface area contributed by atoms with E-state index in [2.05, 4.69) is 20.3 Å². The monoisotopic (exact) mass is 342 g/mol. The number of hydrogen-bond acceptors (Lipinski definition) is 8. The summed E-state index contributed by atoms with van der Waals surface area (Å²) < 4.78 is 44.6. The van der Waals surface area contributed by atoms with Gasteiger partial charge in [0.1, 0.15) is 4.90 Å². The van der Waals surface area contributed by atoms with Gasteiger partial charge in [-0.2, -0.15) is 27.8 Å². The molecule has 0 atom stereocenters. The molecule has 0 bridgehead atoms. The third-order valence-electron chi connectivity index (χ3n) is 2.96. The van der Waals surface area contributed by atoms with E-state index in [1.807, 2.05) is 6.92 Å². The van der Waals surface area contributed by atoms with E-state index in [-0.39, 0.29) is 17.6 Å². The lowest BCUT2D eigenvalue weighted by atomic mass is 10.3. The molecule has 0 aliphatic heterocycles. The third kappa shape index (κ3) is 4.02. The minimum atomic E-state index is -4.41. The number of rotatable bonds is 5. The average molecular weight is 342 g/mol. The third-order valence-corrected chi connectivity index (χ3v) is 3.88. The number of nitrogens with zero attached hydrogens (tertiary/aromatic N) is 4. The Morgan fingerprint density at radius 1 is 1.35 bits per heavy atom. The quantitative estimate of drug-likeness (QED) is 0.538. The number of aromatic nitrogens is 3. The van der Waals surface area contributed by atoms with Gasteiger partial charge in [-0.05, 0) is 25.1 Å². The molecule has 0 fully saturated rings. The SMILES string of the molecule is CCN(C)c1nc(F)nc(Nc2ccc(S(=O)(=O)O)c(N)c2)n1. The lowest BCUT2D eigenvalue weighted by Crippen LogP contribution is -2.20. The molecular weight excluding hydrogens is 327 g/mol. The smallest absolute Gasteiger partial charge is 0.315 e. The zero-order valence-corrected chi connectivity index (χ0v) is 13.2. The van der Waals surface area contributed by atoms with Crippen molar-refractivity contribution in [3.05, 3.63) is 24.3 Å². The van der Waals surface area contributed by atoms with E-state index < -0.39 is 21.1 Å². The first kappa shape index (κ1) is 16.8. The maximum Gasteiger partial charge on any atom is 0.315 e. The molecule has 0 spiro atoms. The van der Waals surface area contributed by atoms with Gasteiger partial charge in [-0.1, -0.05) is 0 Å². The molecule has 2 rings (SSSR count). The van der Waals surface area contributed by atoms with Crippen LogP contribution in [0.3, 0.4) is 0 Å². The first-order valence-corrected chi connectivity index (χ1v) is 7.91. The topological polar surface area (TPSA) is 134 Å². The number of anilines is 4. The maximum atomic E-state index is 13.5. The van der Waals surface area contributed by atoms with Gasteiger partial charge in [0.25, 0.3) is 10.1 Å². The van der Waals surface area contributed by atoms with Crippen molar-refractivity contribution in [2.24, 2.45) is 0 Å². The molecule has 9 nitrogen and oxygen atoms in total. The molecule has 0 amide bonds. The Morgan fingerprint density at radius 2 is 2.04 bits per heavy atom. The summed E-state index contributed by atoms with van der Waals surface area (Å²) in [7, 11) is -2.72. The molecule has 1 aromatic heterocycles. The van der Waals surface area contributed by atoms with Gasteiger partial charge in [0.2, 0.25) is 11.9 Å². The van der Waals surface area contributed by atoms with Crippen LogP contribution < -0.4 is 16.0 Å². The zero-order valence-electron chi connectivity index (χ0n) is 12.4. The molecule has 11 heteroatoms. The Morgan fingerprint density at radius 3 is 2.61 bits per heavy atom. The molecule has 0 unspecified atom stereocenters. The molecule has 0 aliphatic carbocycles. The summed E-state index contributed by atoms with van der Waals surface area (Å²) in [5.41, 5.74) is 5.73. The van der Waals surface area contributed by atoms with Crippen molar-refractivity contribution in [3.63, 3.8) is 0 Å². The van der Waals surface area contributed by atoms with E-state index >= 15 is 0 Å². The second kappa shape index (κ2) is 6.30. The Bertz CT molecular complexity index is 830. The minimum absolute atomic E-state index is 0.0631.